The Morgan fingerprint density at radius 2 is 2.06 bits per heavy atom. The summed E-state index contributed by atoms with van der Waals surface area (Å²) >= 11 is 0. The van der Waals surface area contributed by atoms with E-state index in [0.29, 0.717) is 13.2 Å². The number of hydrogen-bond acceptors (Lipinski definition) is 4. The number of benzene rings is 1. The summed E-state index contributed by atoms with van der Waals surface area (Å²) in [6.07, 6.45) is -0.607. The van der Waals surface area contributed by atoms with Crippen molar-refractivity contribution in [1.82, 2.24) is 5.32 Å². The van der Waals surface area contributed by atoms with E-state index in [9.17, 15) is 4.79 Å². The molecule has 0 fully saturated rings. The molecule has 0 saturated heterocycles. The Balaban J connectivity index is 2.39. The average Bonchev–Trinajstić information content (AvgIpc) is 2.40. The topological polar surface area (TPSA) is 67.8 Å². The first-order valence-electron chi connectivity index (χ1n) is 5.83. The van der Waals surface area contributed by atoms with Gasteiger partial charge in [0.25, 0.3) is 5.91 Å². The highest BCUT2D eigenvalue weighted by Gasteiger charge is 2.18. The summed E-state index contributed by atoms with van der Waals surface area (Å²) < 4.78 is 10.2. The molecule has 0 aliphatic rings. The lowest BCUT2D eigenvalue weighted by Crippen LogP contribution is -2.33. The van der Waals surface area contributed by atoms with E-state index in [1.807, 2.05) is 30.3 Å². The second kappa shape index (κ2) is 8.63. The molecule has 1 aromatic carbocycles. The van der Waals surface area contributed by atoms with Crippen molar-refractivity contribution in [2.24, 2.45) is 0 Å². The normalized spacial score (nSPS) is 12.1. The summed E-state index contributed by atoms with van der Waals surface area (Å²) in [5, 5.41) is 11.2. The molecule has 5 nitrogen and oxygen atoms in total. The first-order chi connectivity index (χ1) is 8.79. The zero-order chi connectivity index (χ0) is 13.2. The van der Waals surface area contributed by atoms with E-state index in [1.54, 1.807) is 0 Å². The molecule has 0 aliphatic heterocycles. The third-order valence-electron chi connectivity index (χ3n) is 2.36. The van der Waals surface area contributed by atoms with Crippen LogP contribution in [0.5, 0.6) is 0 Å². The van der Waals surface area contributed by atoms with Crippen molar-refractivity contribution in [2.75, 3.05) is 33.5 Å². The Morgan fingerprint density at radius 1 is 1.33 bits per heavy atom. The molecular formula is C13H19NO4. The van der Waals surface area contributed by atoms with Gasteiger partial charge >= 0.3 is 0 Å². The number of carbonyl (C=O) groups is 1. The molecular weight excluding hydrogens is 234 g/mol. The molecule has 1 atom stereocenters. The van der Waals surface area contributed by atoms with Crippen molar-refractivity contribution in [3.05, 3.63) is 35.9 Å². The summed E-state index contributed by atoms with van der Waals surface area (Å²) in [6.45, 7) is 1.03. The summed E-state index contributed by atoms with van der Waals surface area (Å²) in [5.41, 5.74) is 0.814. The molecule has 1 unspecified atom stereocenters. The number of aliphatic hydroxyl groups is 1. The smallest absolute Gasteiger partial charge is 0.253 e. The zero-order valence-electron chi connectivity index (χ0n) is 10.5. The Hall–Kier alpha value is -1.43. The average molecular weight is 253 g/mol. The highest BCUT2D eigenvalue weighted by molar-refractivity contribution is 5.82. The number of carbonyl (C=O) groups excluding carboxylic acids is 1. The van der Waals surface area contributed by atoms with Crippen LogP contribution in [0.3, 0.4) is 0 Å². The molecule has 0 aliphatic carbocycles. The predicted octanol–water partition coefficient (Wildman–Crippen LogP) is 0.499. The highest BCUT2D eigenvalue weighted by atomic mass is 16.5. The first-order valence-corrected chi connectivity index (χ1v) is 5.83. The van der Waals surface area contributed by atoms with Gasteiger partial charge in [0.05, 0.1) is 19.8 Å². The minimum atomic E-state index is -0.607. The molecule has 18 heavy (non-hydrogen) atoms. The lowest BCUT2D eigenvalue weighted by atomic mass is 10.1. The number of nitrogens with one attached hydrogen (secondary N) is 1. The zero-order valence-corrected chi connectivity index (χ0v) is 10.5. The van der Waals surface area contributed by atoms with Crippen LogP contribution in [-0.2, 0) is 14.3 Å². The van der Waals surface area contributed by atoms with E-state index >= 15 is 0 Å². The third kappa shape index (κ3) is 4.83. The lowest BCUT2D eigenvalue weighted by molar-refractivity contribution is -0.131. The van der Waals surface area contributed by atoms with Crippen LogP contribution in [-0.4, -0.2) is 44.5 Å². The van der Waals surface area contributed by atoms with Crippen LogP contribution in [0.2, 0.25) is 0 Å². The van der Waals surface area contributed by atoms with Crippen molar-refractivity contribution < 1.29 is 19.4 Å². The van der Waals surface area contributed by atoms with E-state index in [-0.39, 0.29) is 19.1 Å². The van der Waals surface area contributed by atoms with Gasteiger partial charge in [-0.05, 0) is 5.56 Å². The Labute approximate surface area is 107 Å². The number of amides is 1. The van der Waals surface area contributed by atoms with Crippen LogP contribution < -0.4 is 5.32 Å². The SMILES string of the molecule is COC(C(=O)NCCOCCO)c1ccccc1. The van der Waals surface area contributed by atoms with Gasteiger partial charge in [0.1, 0.15) is 0 Å². The molecule has 2 N–H and O–H groups in total. The fourth-order valence-electron chi connectivity index (χ4n) is 1.53. The summed E-state index contributed by atoms with van der Waals surface area (Å²) in [6, 6.07) is 9.29. The number of hydrogen-bond donors (Lipinski definition) is 2. The molecule has 100 valence electrons. The molecule has 1 amide bonds. The van der Waals surface area contributed by atoms with E-state index in [0.717, 1.165) is 5.56 Å². The van der Waals surface area contributed by atoms with Crippen LogP contribution in [0.15, 0.2) is 30.3 Å². The number of aliphatic hydroxyl groups excluding tert-OH is 1. The van der Waals surface area contributed by atoms with Gasteiger partial charge in [-0.2, -0.15) is 0 Å². The summed E-state index contributed by atoms with van der Waals surface area (Å²) in [4.78, 5) is 11.9. The van der Waals surface area contributed by atoms with Crippen molar-refractivity contribution in [3.8, 4) is 0 Å². The summed E-state index contributed by atoms with van der Waals surface area (Å²) in [7, 11) is 1.50. The standard InChI is InChI=1S/C13H19NO4/c1-17-12(11-5-3-2-4-6-11)13(16)14-7-9-18-10-8-15/h2-6,12,15H,7-10H2,1H3,(H,14,16). The molecule has 5 heteroatoms. The molecule has 0 radical (unpaired) electrons. The molecule has 0 spiro atoms. The second-order valence-corrected chi connectivity index (χ2v) is 3.65. The molecule has 0 bridgehead atoms. The minimum Gasteiger partial charge on any atom is -0.394 e. The van der Waals surface area contributed by atoms with Gasteiger partial charge < -0.3 is 19.9 Å². The number of methoxy groups -OCH3 is 1. The van der Waals surface area contributed by atoms with Gasteiger partial charge in [-0.1, -0.05) is 30.3 Å². The molecule has 1 aromatic rings. The lowest BCUT2D eigenvalue weighted by Gasteiger charge is -2.15. The van der Waals surface area contributed by atoms with Gasteiger partial charge in [-0.15, -0.1) is 0 Å². The highest BCUT2D eigenvalue weighted by Crippen LogP contribution is 2.15. The fraction of sp³-hybridized carbons (Fsp3) is 0.462. The van der Waals surface area contributed by atoms with Crippen LogP contribution in [0.25, 0.3) is 0 Å². The van der Waals surface area contributed by atoms with Crippen molar-refractivity contribution in [2.45, 2.75) is 6.10 Å². The number of ether oxygens (including phenoxy) is 2. The van der Waals surface area contributed by atoms with Gasteiger partial charge in [0.2, 0.25) is 0 Å². The van der Waals surface area contributed by atoms with E-state index in [2.05, 4.69) is 5.32 Å². The molecule has 0 heterocycles. The molecule has 0 aromatic heterocycles. The van der Waals surface area contributed by atoms with Gasteiger partial charge in [0, 0.05) is 13.7 Å². The monoisotopic (exact) mass is 253 g/mol. The quantitative estimate of drug-likeness (QED) is 0.662. The molecule has 1 rings (SSSR count). The van der Waals surface area contributed by atoms with Gasteiger partial charge in [-0.25, -0.2) is 0 Å². The van der Waals surface area contributed by atoms with Crippen molar-refractivity contribution in [3.63, 3.8) is 0 Å². The second-order valence-electron chi connectivity index (χ2n) is 3.65. The van der Waals surface area contributed by atoms with Gasteiger partial charge in [0.15, 0.2) is 6.10 Å². The van der Waals surface area contributed by atoms with Crippen LogP contribution in [0.1, 0.15) is 11.7 Å². The third-order valence-corrected chi connectivity index (χ3v) is 2.36. The van der Waals surface area contributed by atoms with E-state index in [4.69, 9.17) is 14.6 Å². The maximum atomic E-state index is 11.9. The van der Waals surface area contributed by atoms with Crippen molar-refractivity contribution in [1.29, 1.82) is 0 Å². The van der Waals surface area contributed by atoms with Crippen molar-refractivity contribution >= 4 is 5.91 Å². The Morgan fingerprint density at radius 3 is 2.67 bits per heavy atom. The maximum Gasteiger partial charge on any atom is 0.253 e. The van der Waals surface area contributed by atoms with E-state index in [1.165, 1.54) is 7.11 Å². The number of rotatable bonds is 8. The fourth-order valence-corrected chi connectivity index (χ4v) is 1.53. The minimum absolute atomic E-state index is 0.0152. The first kappa shape index (κ1) is 14.6. The predicted molar refractivity (Wildman–Crippen MR) is 67.1 cm³/mol. The Bertz CT molecular complexity index is 342. The van der Waals surface area contributed by atoms with Crippen LogP contribution >= 0.6 is 0 Å². The Kier molecular flexibility index (Phi) is 7.01. The molecule has 0 saturated carbocycles. The maximum absolute atomic E-state index is 11.9. The largest absolute Gasteiger partial charge is 0.394 e. The summed E-state index contributed by atoms with van der Waals surface area (Å²) in [5.74, 6) is -0.198. The van der Waals surface area contributed by atoms with Gasteiger partial charge in [-0.3, -0.25) is 4.79 Å². The van der Waals surface area contributed by atoms with E-state index < -0.39 is 6.10 Å². The van der Waals surface area contributed by atoms with Crippen LogP contribution in [0.4, 0.5) is 0 Å². The van der Waals surface area contributed by atoms with Crippen LogP contribution in [0, 0.1) is 0 Å².